The minimum Gasteiger partial charge on any atom is -0.0696 e. The van der Waals surface area contributed by atoms with Crippen molar-refractivity contribution in [2.45, 2.75) is 53.9 Å². The highest BCUT2D eigenvalue weighted by molar-refractivity contribution is 7.94. The minimum atomic E-state index is -1.97. The first-order valence-corrected chi connectivity index (χ1v) is 16.0. The second-order valence-electron chi connectivity index (χ2n) is 11.3. The Morgan fingerprint density at radius 1 is 0.692 bits per heavy atom. The number of rotatable bonds is 8. The van der Waals surface area contributed by atoms with E-state index >= 15 is 0 Å². The van der Waals surface area contributed by atoms with Crippen LogP contribution in [0.3, 0.4) is 0 Å². The van der Waals surface area contributed by atoms with E-state index in [-0.39, 0.29) is 5.41 Å². The molecule has 3 aromatic rings. The Bertz CT molecular complexity index is 1340. The molecule has 3 aromatic carbocycles. The Kier molecular flexibility index (Phi) is 9.66. The molecule has 0 saturated carbocycles. The van der Waals surface area contributed by atoms with Gasteiger partial charge in [-0.1, -0.05) is 164 Å². The molecule has 0 N–H and O–H groups in total. The van der Waals surface area contributed by atoms with E-state index in [1.807, 2.05) is 0 Å². The Hall–Kier alpha value is -3.34. The highest BCUT2D eigenvalue weighted by atomic mass is 31.2. The summed E-state index contributed by atoms with van der Waals surface area (Å²) in [6.07, 6.45) is 17.4. The second-order valence-corrected chi connectivity index (χ2v) is 14.6. The molecule has 1 aliphatic rings. The summed E-state index contributed by atoms with van der Waals surface area (Å²) in [6, 6.07) is 33.0. The maximum atomic E-state index is 2.48. The van der Waals surface area contributed by atoms with Gasteiger partial charge >= 0.3 is 0 Å². The van der Waals surface area contributed by atoms with Crippen molar-refractivity contribution in [3.05, 3.63) is 150 Å². The lowest BCUT2D eigenvalue weighted by Crippen LogP contribution is -2.26. The van der Waals surface area contributed by atoms with Crippen molar-refractivity contribution in [2.24, 2.45) is 5.41 Å². The van der Waals surface area contributed by atoms with E-state index in [0.717, 1.165) is 0 Å². The molecule has 0 saturated heterocycles. The van der Waals surface area contributed by atoms with E-state index in [9.17, 15) is 0 Å². The van der Waals surface area contributed by atoms with Crippen molar-refractivity contribution in [3.63, 3.8) is 0 Å². The standard InChI is InChI=1S/C38H43P/c1-31(26-27-37-33(3)19-16-29-38(37,4)5)17-15-18-32(2)28-30-39(34-20-9-6-10-21-34,35-22-11-7-12-23-35)36-24-13-8-14-25-36/h6-15,17-18,20-28,30H,16,19,29H2,1-5H3. The van der Waals surface area contributed by atoms with Crippen LogP contribution in [0.25, 0.3) is 0 Å². The summed E-state index contributed by atoms with van der Waals surface area (Å²) < 4.78 is 0. The molecule has 0 aliphatic heterocycles. The van der Waals surface area contributed by atoms with Crippen LogP contribution in [0, 0.1) is 5.41 Å². The van der Waals surface area contributed by atoms with Gasteiger partial charge in [0.1, 0.15) is 0 Å². The average Bonchev–Trinajstić information content (AvgIpc) is 2.94. The van der Waals surface area contributed by atoms with Gasteiger partial charge < -0.3 is 0 Å². The summed E-state index contributed by atoms with van der Waals surface area (Å²) in [7, 11) is 0. The Morgan fingerprint density at radius 2 is 1.18 bits per heavy atom. The van der Waals surface area contributed by atoms with Crippen LogP contribution in [0.4, 0.5) is 0 Å². The van der Waals surface area contributed by atoms with Crippen LogP contribution in [0.1, 0.15) is 53.9 Å². The van der Waals surface area contributed by atoms with Crippen molar-refractivity contribution in [1.82, 2.24) is 0 Å². The molecule has 0 fully saturated rings. The van der Waals surface area contributed by atoms with Crippen LogP contribution in [-0.2, 0) is 0 Å². The van der Waals surface area contributed by atoms with Crippen LogP contribution in [0.2, 0.25) is 0 Å². The van der Waals surface area contributed by atoms with Gasteiger partial charge in [0.05, 0.1) is 0 Å². The zero-order chi connectivity index (χ0) is 27.7. The van der Waals surface area contributed by atoms with Gasteiger partial charge in [0.25, 0.3) is 0 Å². The predicted molar refractivity (Wildman–Crippen MR) is 177 cm³/mol. The molecule has 1 aliphatic carbocycles. The normalized spacial score (nSPS) is 16.7. The molecule has 0 aromatic heterocycles. The van der Waals surface area contributed by atoms with Crippen molar-refractivity contribution in [3.8, 4) is 0 Å². The van der Waals surface area contributed by atoms with Crippen molar-refractivity contribution >= 4 is 28.6 Å². The van der Waals surface area contributed by atoms with Crippen LogP contribution in [0.15, 0.2) is 150 Å². The third-order valence-corrected chi connectivity index (χ3v) is 11.8. The number of hydrogen-bond donors (Lipinski definition) is 0. The average molecular weight is 531 g/mol. The SMILES string of the molecule is CC(C=CC1=C(C)CCCC1(C)C)=CC=CC(C)=CC=P(c1ccccc1)(c1ccccc1)c1ccccc1. The van der Waals surface area contributed by atoms with E-state index in [0.29, 0.717) is 0 Å². The van der Waals surface area contributed by atoms with Crippen LogP contribution < -0.4 is 15.9 Å². The monoisotopic (exact) mass is 530 g/mol. The number of allylic oxidation sites excluding steroid dienone is 10. The van der Waals surface area contributed by atoms with Crippen molar-refractivity contribution in [1.29, 1.82) is 0 Å². The largest absolute Gasteiger partial charge is 0.0696 e. The molecule has 0 spiro atoms. The van der Waals surface area contributed by atoms with E-state index in [4.69, 9.17) is 0 Å². The second kappa shape index (κ2) is 13.1. The smallest absolute Gasteiger partial charge is 0.0104 e. The quantitative estimate of drug-likeness (QED) is 0.201. The van der Waals surface area contributed by atoms with Gasteiger partial charge in [0.15, 0.2) is 0 Å². The molecule has 1 heteroatoms. The van der Waals surface area contributed by atoms with Crippen LogP contribution in [0.5, 0.6) is 0 Å². The maximum Gasteiger partial charge on any atom is -0.0104 e. The van der Waals surface area contributed by atoms with Gasteiger partial charge in [-0.2, -0.15) is 0 Å². The van der Waals surface area contributed by atoms with E-state index < -0.39 is 6.89 Å². The summed E-state index contributed by atoms with van der Waals surface area (Å²) in [5.41, 5.74) is 5.84. The molecule has 39 heavy (non-hydrogen) atoms. The highest BCUT2D eigenvalue weighted by Crippen LogP contribution is 2.44. The van der Waals surface area contributed by atoms with Crippen LogP contribution >= 0.6 is 6.89 Å². The molecule has 0 amide bonds. The fraction of sp³-hybridized carbons (Fsp3) is 0.237. The third kappa shape index (κ3) is 7.00. The Balaban J connectivity index is 1.68. The molecule has 0 radical (unpaired) electrons. The summed E-state index contributed by atoms with van der Waals surface area (Å²) in [5, 5.41) is 4.10. The first-order valence-electron chi connectivity index (χ1n) is 14.1. The summed E-state index contributed by atoms with van der Waals surface area (Å²) in [6.45, 7) is 9.47. The fourth-order valence-electron chi connectivity index (χ4n) is 5.61. The first kappa shape index (κ1) is 28.7. The molecule has 200 valence electrons. The lowest BCUT2D eigenvalue weighted by Gasteiger charge is -2.32. The Morgan fingerprint density at radius 3 is 1.67 bits per heavy atom. The van der Waals surface area contributed by atoms with E-state index in [1.165, 1.54) is 51.9 Å². The maximum absolute atomic E-state index is 2.48. The van der Waals surface area contributed by atoms with Gasteiger partial charge in [0, 0.05) is 0 Å². The summed E-state index contributed by atoms with van der Waals surface area (Å²) >= 11 is 0. The first-order chi connectivity index (χ1) is 18.8. The van der Waals surface area contributed by atoms with Crippen molar-refractivity contribution < 1.29 is 0 Å². The van der Waals surface area contributed by atoms with Crippen LogP contribution in [-0.4, -0.2) is 5.80 Å². The molecule has 4 rings (SSSR count). The molecule has 0 unspecified atom stereocenters. The third-order valence-electron chi connectivity index (χ3n) is 7.83. The minimum absolute atomic E-state index is 0.274. The van der Waals surface area contributed by atoms with Crippen molar-refractivity contribution in [2.75, 3.05) is 0 Å². The molecular weight excluding hydrogens is 487 g/mol. The fourth-order valence-corrected chi connectivity index (χ4v) is 9.41. The lowest BCUT2D eigenvalue weighted by atomic mass is 9.72. The van der Waals surface area contributed by atoms with E-state index in [1.54, 1.807) is 5.57 Å². The lowest BCUT2D eigenvalue weighted by molar-refractivity contribution is 0.377. The Labute approximate surface area is 237 Å². The molecule has 0 bridgehead atoms. The van der Waals surface area contributed by atoms with Gasteiger partial charge in [-0.15, -0.1) is 0 Å². The van der Waals surface area contributed by atoms with Gasteiger partial charge in [-0.05, 0) is 73.8 Å². The zero-order valence-electron chi connectivity index (χ0n) is 24.3. The molecule has 0 nitrogen and oxygen atoms in total. The summed E-state index contributed by atoms with van der Waals surface area (Å²) in [4.78, 5) is 0. The van der Waals surface area contributed by atoms with Gasteiger partial charge in [0.2, 0.25) is 0 Å². The van der Waals surface area contributed by atoms with Gasteiger partial charge in [-0.25, -0.2) is 0 Å². The van der Waals surface area contributed by atoms with Gasteiger partial charge in [-0.3, -0.25) is 0 Å². The topological polar surface area (TPSA) is 0 Å². The molecule has 0 atom stereocenters. The molecular formula is C38H43P. The zero-order valence-corrected chi connectivity index (χ0v) is 25.2. The predicted octanol–water partition coefficient (Wildman–Crippen LogP) is 9.31. The summed E-state index contributed by atoms with van der Waals surface area (Å²) in [5.74, 6) is 2.48. The highest BCUT2D eigenvalue weighted by Gasteiger charge is 2.26. The number of benzene rings is 3. The number of hydrogen-bond acceptors (Lipinski definition) is 0. The molecule has 0 heterocycles. The van der Waals surface area contributed by atoms with E-state index in [2.05, 4.69) is 168 Å².